The summed E-state index contributed by atoms with van der Waals surface area (Å²) in [4.78, 5) is 16.9. The maximum atomic E-state index is 12.5. The van der Waals surface area contributed by atoms with Crippen LogP contribution in [0.15, 0.2) is 30.3 Å². The van der Waals surface area contributed by atoms with Gasteiger partial charge in [-0.3, -0.25) is 4.90 Å². The van der Waals surface area contributed by atoms with E-state index in [2.05, 4.69) is 24.1 Å². The van der Waals surface area contributed by atoms with Crippen molar-refractivity contribution in [1.82, 2.24) is 15.1 Å². The number of carbonyl (C=O) groups is 1. The van der Waals surface area contributed by atoms with Gasteiger partial charge in [-0.2, -0.15) is 0 Å². The summed E-state index contributed by atoms with van der Waals surface area (Å²) < 4.78 is 6.07. The van der Waals surface area contributed by atoms with Crippen molar-refractivity contribution in [3.05, 3.63) is 35.9 Å². The van der Waals surface area contributed by atoms with Gasteiger partial charge in [0.2, 0.25) is 0 Å². The fraction of sp³-hybridized carbons (Fsp3) is 0.632. The summed E-state index contributed by atoms with van der Waals surface area (Å²) in [5, 5.41) is 3.03. The molecule has 2 amide bonds. The highest BCUT2D eigenvalue weighted by molar-refractivity contribution is 5.74. The first-order valence-corrected chi connectivity index (χ1v) is 9.06. The van der Waals surface area contributed by atoms with Crippen LogP contribution in [0.2, 0.25) is 0 Å². The number of likely N-dealkylation sites (tertiary alicyclic amines) is 1. The zero-order valence-corrected chi connectivity index (χ0v) is 14.8. The van der Waals surface area contributed by atoms with E-state index < -0.39 is 0 Å². The van der Waals surface area contributed by atoms with E-state index in [1.165, 1.54) is 0 Å². The molecule has 0 aliphatic carbocycles. The summed E-state index contributed by atoms with van der Waals surface area (Å²) in [6.45, 7) is 9.42. The van der Waals surface area contributed by atoms with Gasteiger partial charge in [0.05, 0.1) is 12.7 Å². The average Bonchev–Trinajstić information content (AvgIpc) is 2.82. The van der Waals surface area contributed by atoms with Crippen LogP contribution in [0, 0.1) is 5.92 Å². The first-order valence-electron chi connectivity index (χ1n) is 9.06. The molecule has 0 radical (unpaired) electrons. The molecule has 2 fully saturated rings. The predicted molar refractivity (Wildman–Crippen MR) is 94.8 cm³/mol. The summed E-state index contributed by atoms with van der Waals surface area (Å²) in [5.41, 5.74) is 1.12. The normalized spacial score (nSPS) is 25.2. The van der Waals surface area contributed by atoms with Crippen molar-refractivity contribution in [2.75, 3.05) is 32.8 Å². The number of hydrogen-bond acceptors (Lipinski definition) is 3. The summed E-state index contributed by atoms with van der Waals surface area (Å²) in [5.74, 6) is 0.535. The molecule has 2 aliphatic rings. The first kappa shape index (κ1) is 17.2. The Morgan fingerprint density at radius 3 is 2.79 bits per heavy atom. The van der Waals surface area contributed by atoms with Crippen molar-refractivity contribution in [1.29, 1.82) is 0 Å². The molecule has 24 heavy (non-hydrogen) atoms. The van der Waals surface area contributed by atoms with Crippen molar-refractivity contribution in [2.24, 2.45) is 5.92 Å². The third-order valence-electron chi connectivity index (χ3n) is 5.18. The molecular formula is C19H29N3O2. The van der Waals surface area contributed by atoms with Crippen molar-refractivity contribution < 1.29 is 9.53 Å². The van der Waals surface area contributed by atoms with E-state index in [9.17, 15) is 4.79 Å². The van der Waals surface area contributed by atoms with E-state index in [0.717, 1.165) is 38.2 Å². The largest absolute Gasteiger partial charge is 0.375 e. The van der Waals surface area contributed by atoms with Crippen LogP contribution in [0.1, 0.15) is 25.8 Å². The van der Waals surface area contributed by atoms with Gasteiger partial charge in [-0.25, -0.2) is 4.79 Å². The molecule has 0 aromatic heterocycles. The van der Waals surface area contributed by atoms with Gasteiger partial charge in [-0.1, -0.05) is 30.3 Å². The summed E-state index contributed by atoms with van der Waals surface area (Å²) in [6, 6.07) is 10.6. The fourth-order valence-corrected chi connectivity index (χ4v) is 3.62. The van der Waals surface area contributed by atoms with Crippen LogP contribution in [-0.2, 0) is 11.3 Å². The van der Waals surface area contributed by atoms with Crippen molar-refractivity contribution in [3.63, 3.8) is 0 Å². The lowest BCUT2D eigenvalue weighted by Crippen LogP contribution is -2.52. The Morgan fingerprint density at radius 1 is 1.25 bits per heavy atom. The number of amides is 2. The standard InChI is InChI=1S/C19H29N3O2/c1-15(2)21-10-11-24-18-14-22(9-8-17(18)13-21)19(23)20-12-16-6-4-3-5-7-16/h3-7,15,17-18H,8-14H2,1-2H3,(H,20,23)/t17-,18-/m1/s1. The smallest absolute Gasteiger partial charge is 0.317 e. The minimum absolute atomic E-state index is 0.0193. The van der Waals surface area contributed by atoms with Gasteiger partial charge in [0.25, 0.3) is 0 Å². The van der Waals surface area contributed by atoms with Gasteiger partial charge in [0.1, 0.15) is 0 Å². The number of hydrogen-bond donors (Lipinski definition) is 1. The Balaban J connectivity index is 1.52. The van der Waals surface area contributed by atoms with Gasteiger partial charge >= 0.3 is 6.03 Å². The fourth-order valence-electron chi connectivity index (χ4n) is 3.62. The second-order valence-electron chi connectivity index (χ2n) is 7.14. The topological polar surface area (TPSA) is 44.8 Å². The van der Waals surface area contributed by atoms with E-state index in [4.69, 9.17) is 4.74 Å². The number of ether oxygens (including phenoxy) is 1. The average molecular weight is 331 g/mol. The summed E-state index contributed by atoms with van der Waals surface area (Å²) >= 11 is 0. The second kappa shape index (κ2) is 7.99. The number of rotatable bonds is 3. The van der Waals surface area contributed by atoms with Gasteiger partial charge in [0, 0.05) is 44.7 Å². The number of fused-ring (bicyclic) bond motifs is 1. The van der Waals surface area contributed by atoms with Crippen LogP contribution >= 0.6 is 0 Å². The Hall–Kier alpha value is -1.59. The number of nitrogens with zero attached hydrogens (tertiary/aromatic N) is 2. The summed E-state index contributed by atoms with van der Waals surface area (Å²) in [6.07, 6.45) is 1.19. The number of carbonyl (C=O) groups excluding carboxylic acids is 1. The lowest BCUT2D eigenvalue weighted by Gasteiger charge is -2.38. The predicted octanol–water partition coefficient (Wildman–Crippen LogP) is 2.33. The minimum atomic E-state index is 0.0193. The molecule has 2 atom stereocenters. The maximum Gasteiger partial charge on any atom is 0.317 e. The number of benzene rings is 1. The van der Waals surface area contributed by atoms with E-state index in [1.54, 1.807) is 0 Å². The highest BCUT2D eigenvalue weighted by Gasteiger charge is 2.35. The van der Waals surface area contributed by atoms with E-state index >= 15 is 0 Å². The zero-order valence-electron chi connectivity index (χ0n) is 14.8. The second-order valence-corrected chi connectivity index (χ2v) is 7.14. The van der Waals surface area contributed by atoms with Crippen LogP contribution < -0.4 is 5.32 Å². The molecule has 5 heteroatoms. The molecule has 0 bridgehead atoms. The SMILES string of the molecule is CC(C)N1CCO[C@@H]2CN(C(=O)NCc3ccccc3)CC[C@@H]2C1. The molecule has 1 aromatic carbocycles. The number of urea groups is 1. The Bertz CT molecular complexity index is 535. The molecule has 5 nitrogen and oxygen atoms in total. The zero-order chi connectivity index (χ0) is 16.9. The Labute approximate surface area is 145 Å². The van der Waals surface area contributed by atoms with Crippen molar-refractivity contribution in [2.45, 2.75) is 39.0 Å². The van der Waals surface area contributed by atoms with Gasteiger partial charge in [0.15, 0.2) is 0 Å². The molecule has 1 N–H and O–H groups in total. The van der Waals surface area contributed by atoms with Crippen LogP contribution in [0.3, 0.4) is 0 Å². The Kier molecular flexibility index (Phi) is 5.74. The van der Waals surface area contributed by atoms with E-state index in [0.29, 0.717) is 25.0 Å². The number of nitrogens with one attached hydrogen (secondary N) is 1. The lowest BCUT2D eigenvalue weighted by molar-refractivity contribution is -0.0112. The molecule has 0 unspecified atom stereocenters. The third-order valence-corrected chi connectivity index (χ3v) is 5.18. The third kappa shape index (κ3) is 4.28. The Morgan fingerprint density at radius 2 is 2.04 bits per heavy atom. The quantitative estimate of drug-likeness (QED) is 0.924. The van der Waals surface area contributed by atoms with E-state index in [-0.39, 0.29) is 12.1 Å². The summed E-state index contributed by atoms with van der Waals surface area (Å²) in [7, 11) is 0. The molecule has 132 valence electrons. The van der Waals surface area contributed by atoms with Crippen LogP contribution in [0.4, 0.5) is 4.79 Å². The monoisotopic (exact) mass is 331 g/mol. The molecule has 1 aromatic rings. The maximum absolute atomic E-state index is 12.5. The number of piperidine rings is 1. The van der Waals surface area contributed by atoms with Gasteiger partial charge in [-0.15, -0.1) is 0 Å². The lowest BCUT2D eigenvalue weighted by atomic mass is 9.93. The van der Waals surface area contributed by atoms with Crippen LogP contribution in [0.5, 0.6) is 0 Å². The molecule has 2 aliphatic heterocycles. The molecular weight excluding hydrogens is 302 g/mol. The molecule has 0 saturated carbocycles. The van der Waals surface area contributed by atoms with Gasteiger partial charge in [-0.05, 0) is 25.8 Å². The molecule has 0 spiro atoms. The van der Waals surface area contributed by atoms with Crippen LogP contribution in [-0.4, -0.2) is 60.8 Å². The molecule has 3 rings (SSSR count). The van der Waals surface area contributed by atoms with Gasteiger partial charge < -0.3 is 15.0 Å². The first-order chi connectivity index (χ1) is 11.6. The van der Waals surface area contributed by atoms with Crippen molar-refractivity contribution >= 4 is 6.03 Å². The highest BCUT2D eigenvalue weighted by atomic mass is 16.5. The molecule has 2 heterocycles. The highest BCUT2D eigenvalue weighted by Crippen LogP contribution is 2.25. The van der Waals surface area contributed by atoms with Crippen LogP contribution in [0.25, 0.3) is 0 Å². The van der Waals surface area contributed by atoms with E-state index in [1.807, 2.05) is 35.2 Å². The van der Waals surface area contributed by atoms with Crippen molar-refractivity contribution in [3.8, 4) is 0 Å². The minimum Gasteiger partial charge on any atom is -0.375 e. The molecule has 2 saturated heterocycles.